The molecular formula is C12H15N3O2. The number of amides is 2. The van der Waals surface area contributed by atoms with Gasteiger partial charge >= 0.3 is 0 Å². The Hall–Kier alpha value is -1.88. The Balaban J connectivity index is 2.39. The molecule has 0 saturated carbocycles. The van der Waals surface area contributed by atoms with Gasteiger partial charge in [0.05, 0.1) is 0 Å². The molecule has 2 rings (SSSR count). The highest BCUT2D eigenvalue weighted by Crippen LogP contribution is 2.27. The number of hydrogen-bond donors (Lipinski definition) is 1. The molecule has 0 radical (unpaired) electrons. The van der Waals surface area contributed by atoms with Gasteiger partial charge in [-0.3, -0.25) is 14.6 Å². The van der Waals surface area contributed by atoms with E-state index in [2.05, 4.69) is 0 Å². The summed E-state index contributed by atoms with van der Waals surface area (Å²) >= 11 is 0. The zero-order chi connectivity index (χ0) is 12.6. The molecule has 0 saturated heterocycles. The fraction of sp³-hybridized carbons (Fsp3) is 0.333. The molecule has 1 aromatic rings. The predicted octanol–water partition coefficient (Wildman–Crippen LogP) is 0.541. The summed E-state index contributed by atoms with van der Waals surface area (Å²) in [6.45, 7) is 0. The molecule has 2 amide bonds. The van der Waals surface area contributed by atoms with Crippen molar-refractivity contribution in [1.29, 1.82) is 0 Å². The zero-order valence-corrected chi connectivity index (χ0v) is 9.93. The second kappa shape index (κ2) is 4.18. The summed E-state index contributed by atoms with van der Waals surface area (Å²) in [5.41, 5.74) is 2.44. The molecule has 0 aliphatic carbocycles. The molecule has 1 aliphatic heterocycles. The van der Waals surface area contributed by atoms with E-state index < -0.39 is 0 Å². The quantitative estimate of drug-likeness (QED) is 0.437. The zero-order valence-electron chi connectivity index (χ0n) is 9.93. The van der Waals surface area contributed by atoms with Gasteiger partial charge in [-0.15, -0.1) is 0 Å². The van der Waals surface area contributed by atoms with Crippen LogP contribution in [0.25, 0.3) is 0 Å². The highest BCUT2D eigenvalue weighted by molar-refractivity contribution is 5.98. The maximum absolute atomic E-state index is 11.7. The van der Waals surface area contributed by atoms with Crippen molar-refractivity contribution in [3.63, 3.8) is 0 Å². The lowest BCUT2D eigenvalue weighted by Gasteiger charge is -2.26. The molecule has 17 heavy (non-hydrogen) atoms. The Morgan fingerprint density at radius 1 is 1.41 bits per heavy atom. The first-order chi connectivity index (χ1) is 8.00. The van der Waals surface area contributed by atoms with E-state index >= 15 is 0 Å². The third-order valence-electron chi connectivity index (χ3n) is 2.99. The van der Waals surface area contributed by atoms with Gasteiger partial charge in [0.1, 0.15) is 0 Å². The highest BCUT2D eigenvalue weighted by Gasteiger charge is 2.22. The minimum atomic E-state index is -0.229. The lowest BCUT2D eigenvalue weighted by Crippen LogP contribution is -2.34. The van der Waals surface area contributed by atoms with Gasteiger partial charge in [-0.25, -0.2) is 5.84 Å². The second-order valence-electron chi connectivity index (χ2n) is 4.21. The van der Waals surface area contributed by atoms with E-state index in [4.69, 9.17) is 5.84 Å². The van der Waals surface area contributed by atoms with Crippen molar-refractivity contribution in [2.75, 3.05) is 19.0 Å². The number of carbonyl (C=O) groups is 2. The highest BCUT2D eigenvalue weighted by atomic mass is 16.2. The lowest BCUT2D eigenvalue weighted by atomic mass is 9.99. The van der Waals surface area contributed by atoms with Gasteiger partial charge in [0.15, 0.2) is 0 Å². The monoisotopic (exact) mass is 233 g/mol. The number of fused-ring (bicyclic) bond motifs is 1. The normalized spacial score (nSPS) is 14.5. The summed E-state index contributed by atoms with van der Waals surface area (Å²) in [6.07, 6.45) is 1.16. The summed E-state index contributed by atoms with van der Waals surface area (Å²) in [7, 11) is 3.26. The number of rotatable bonds is 1. The molecule has 1 aliphatic rings. The van der Waals surface area contributed by atoms with Crippen molar-refractivity contribution in [1.82, 2.24) is 5.01 Å². The summed E-state index contributed by atoms with van der Waals surface area (Å²) < 4.78 is 0. The molecule has 0 aromatic heterocycles. The lowest BCUT2D eigenvalue weighted by molar-refractivity contribution is -0.118. The van der Waals surface area contributed by atoms with Crippen molar-refractivity contribution in [2.45, 2.75) is 12.8 Å². The van der Waals surface area contributed by atoms with Crippen LogP contribution in [0.5, 0.6) is 0 Å². The average Bonchev–Trinajstić information content (AvgIpc) is 2.32. The van der Waals surface area contributed by atoms with Gasteiger partial charge in [0, 0.05) is 31.8 Å². The number of aryl methyl sites for hydroxylation is 1. The first kappa shape index (κ1) is 11.6. The van der Waals surface area contributed by atoms with E-state index in [1.165, 1.54) is 7.05 Å². The van der Waals surface area contributed by atoms with E-state index in [1.54, 1.807) is 24.1 Å². The second-order valence-corrected chi connectivity index (χ2v) is 4.21. The molecular weight excluding hydrogens is 218 g/mol. The number of nitrogens with two attached hydrogens (primary N) is 1. The Bertz CT molecular complexity index is 483. The number of benzene rings is 1. The van der Waals surface area contributed by atoms with E-state index in [0.29, 0.717) is 18.4 Å². The van der Waals surface area contributed by atoms with Gasteiger partial charge < -0.3 is 4.90 Å². The maximum Gasteiger partial charge on any atom is 0.267 e. The fourth-order valence-electron chi connectivity index (χ4n) is 1.99. The van der Waals surface area contributed by atoms with Gasteiger partial charge in [-0.05, 0) is 30.2 Å². The van der Waals surface area contributed by atoms with Crippen LogP contribution in [0, 0.1) is 0 Å². The smallest absolute Gasteiger partial charge is 0.267 e. The molecule has 1 aromatic carbocycles. The molecule has 1 heterocycles. The van der Waals surface area contributed by atoms with Crippen molar-refractivity contribution in [3.05, 3.63) is 29.3 Å². The molecule has 2 N–H and O–H groups in total. The summed E-state index contributed by atoms with van der Waals surface area (Å²) in [6, 6.07) is 5.30. The Labute approximate surface area is 99.8 Å². The largest absolute Gasteiger partial charge is 0.315 e. The van der Waals surface area contributed by atoms with Crippen molar-refractivity contribution in [2.24, 2.45) is 5.84 Å². The SMILES string of the molecule is CN(N)C(=O)c1ccc2c(c1)CCC(=O)N2C. The minimum Gasteiger partial charge on any atom is -0.315 e. The summed E-state index contributed by atoms with van der Waals surface area (Å²) in [5.74, 6) is 5.29. The van der Waals surface area contributed by atoms with Gasteiger partial charge in [-0.2, -0.15) is 0 Å². The maximum atomic E-state index is 11.7. The van der Waals surface area contributed by atoms with Crippen LogP contribution in [0.15, 0.2) is 18.2 Å². The third-order valence-corrected chi connectivity index (χ3v) is 2.99. The third kappa shape index (κ3) is 2.01. The molecule has 90 valence electrons. The number of hydrogen-bond acceptors (Lipinski definition) is 3. The number of anilines is 1. The first-order valence-electron chi connectivity index (χ1n) is 5.43. The number of carbonyl (C=O) groups excluding carboxylic acids is 2. The van der Waals surface area contributed by atoms with Crippen LogP contribution in [0.1, 0.15) is 22.3 Å². The van der Waals surface area contributed by atoms with Gasteiger partial charge in [-0.1, -0.05) is 0 Å². The fourth-order valence-corrected chi connectivity index (χ4v) is 1.99. The topological polar surface area (TPSA) is 66.6 Å². The van der Waals surface area contributed by atoms with Crippen molar-refractivity contribution in [3.8, 4) is 0 Å². The van der Waals surface area contributed by atoms with E-state index in [1.807, 2.05) is 6.07 Å². The molecule has 0 unspecified atom stereocenters. The molecule has 0 fully saturated rings. The predicted molar refractivity (Wildman–Crippen MR) is 64.5 cm³/mol. The van der Waals surface area contributed by atoms with Crippen molar-refractivity contribution >= 4 is 17.5 Å². The molecule has 0 bridgehead atoms. The van der Waals surface area contributed by atoms with E-state index in [0.717, 1.165) is 16.3 Å². The number of nitrogens with zero attached hydrogens (tertiary/aromatic N) is 2. The minimum absolute atomic E-state index is 0.104. The Kier molecular flexibility index (Phi) is 2.85. The van der Waals surface area contributed by atoms with Crippen LogP contribution in [0.4, 0.5) is 5.69 Å². The van der Waals surface area contributed by atoms with Gasteiger partial charge in [0.2, 0.25) is 5.91 Å². The van der Waals surface area contributed by atoms with Crippen LogP contribution in [0.2, 0.25) is 0 Å². The van der Waals surface area contributed by atoms with Crippen LogP contribution in [0.3, 0.4) is 0 Å². The molecule has 0 spiro atoms. The van der Waals surface area contributed by atoms with Crippen LogP contribution in [-0.4, -0.2) is 30.9 Å². The standard InChI is InChI=1S/C12H15N3O2/c1-14-10-5-3-9(12(17)15(2)13)7-8(10)4-6-11(14)16/h3,5,7H,4,6,13H2,1-2H3. The Morgan fingerprint density at radius 3 is 2.76 bits per heavy atom. The van der Waals surface area contributed by atoms with E-state index in [9.17, 15) is 9.59 Å². The summed E-state index contributed by atoms with van der Waals surface area (Å²) in [5, 5.41) is 1.05. The van der Waals surface area contributed by atoms with E-state index in [-0.39, 0.29) is 11.8 Å². The first-order valence-corrected chi connectivity index (χ1v) is 5.43. The van der Waals surface area contributed by atoms with Crippen LogP contribution < -0.4 is 10.7 Å². The summed E-state index contributed by atoms with van der Waals surface area (Å²) in [4.78, 5) is 24.8. The molecule has 5 nitrogen and oxygen atoms in total. The van der Waals surface area contributed by atoms with Gasteiger partial charge in [0.25, 0.3) is 5.91 Å². The molecule has 5 heteroatoms. The molecule has 0 atom stereocenters. The van der Waals surface area contributed by atoms with Crippen molar-refractivity contribution < 1.29 is 9.59 Å². The average molecular weight is 233 g/mol. The Morgan fingerprint density at radius 2 is 2.12 bits per heavy atom. The van der Waals surface area contributed by atoms with Crippen LogP contribution in [-0.2, 0) is 11.2 Å². The number of hydrazine groups is 1. The van der Waals surface area contributed by atoms with Crippen LogP contribution >= 0.6 is 0 Å².